The van der Waals surface area contributed by atoms with Gasteiger partial charge in [-0.1, -0.05) is 17.3 Å². The number of aryl methyl sites for hydroxylation is 1. The van der Waals surface area contributed by atoms with Gasteiger partial charge in [0.15, 0.2) is 0 Å². The fraction of sp³-hybridized carbons (Fsp3) is 0.280. The van der Waals surface area contributed by atoms with E-state index in [1.54, 1.807) is 22.7 Å². The van der Waals surface area contributed by atoms with Crippen molar-refractivity contribution < 1.29 is 14.1 Å². The van der Waals surface area contributed by atoms with E-state index in [1.807, 2.05) is 47.5 Å². The summed E-state index contributed by atoms with van der Waals surface area (Å²) in [6.07, 6.45) is 2.33. The number of fused-ring (bicyclic) bond motifs is 1. The Balaban J connectivity index is 1.17. The molecule has 0 unspecified atom stereocenters. The van der Waals surface area contributed by atoms with Crippen LogP contribution in [-0.2, 0) is 24.2 Å². The molecular formula is C25H24N4O3S2. The number of thiophene rings is 2. The summed E-state index contributed by atoms with van der Waals surface area (Å²) < 4.78 is 5.30. The van der Waals surface area contributed by atoms with E-state index in [-0.39, 0.29) is 11.8 Å². The van der Waals surface area contributed by atoms with E-state index in [2.05, 4.69) is 26.9 Å². The van der Waals surface area contributed by atoms with Gasteiger partial charge in [0.2, 0.25) is 17.6 Å². The number of hydrogen-bond acceptors (Lipinski definition) is 7. The van der Waals surface area contributed by atoms with Gasteiger partial charge in [0.1, 0.15) is 0 Å². The molecule has 1 aromatic carbocycles. The molecule has 3 aromatic heterocycles. The van der Waals surface area contributed by atoms with Crippen molar-refractivity contribution in [3.05, 3.63) is 74.6 Å². The van der Waals surface area contributed by atoms with Crippen molar-refractivity contribution in [3.8, 4) is 10.7 Å². The first-order valence-electron chi connectivity index (χ1n) is 11.2. The molecule has 2 amide bonds. The highest BCUT2D eigenvalue weighted by Gasteiger charge is 2.24. The number of hydrogen-bond donors (Lipinski definition) is 1. The van der Waals surface area contributed by atoms with Crippen molar-refractivity contribution in [2.24, 2.45) is 0 Å². The molecule has 0 radical (unpaired) electrons. The number of rotatable bonds is 7. The molecule has 4 aromatic rings. The second-order valence-electron chi connectivity index (χ2n) is 8.21. The van der Waals surface area contributed by atoms with Crippen molar-refractivity contribution >= 4 is 40.2 Å². The first-order chi connectivity index (χ1) is 16.6. The van der Waals surface area contributed by atoms with E-state index in [4.69, 9.17) is 4.52 Å². The molecular weight excluding hydrogens is 468 g/mol. The van der Waals surface area contributed by atoms with Crippen LogP contribution in [0.15, 0.2) is 51.7 Å². The average Bonchev–Trinajstić information content (AvgIpc) is 3.61. The van der Waals surface area contributed by atoms with E-state index in [0.29, 0.717) is 55.3 Å². The molecule has 174 valence electrons. The highest BCUT2D eigenvalue weighted by Crippen LogP contribution is 2.27. The molecule has 0 spiro atoms. The summed E-state index contributed by atoms with van der Waals surface area (Å²) >= 11 is 3.31. The molecule has 4 heterocycles. The lowest BCUT2D eigenvalue weighted by Gasteiger charge is -2.28. The number of amides is 2. The molecule has 9 heteroatoms. The zero-order valence-corrected chi connectivity index (χ0v) is 20.4. The fourth-order valence-corrected chi connectivity index (χ4v) is 5.61. The first kappa shape index (κ1) is 22.5. The van der Waals surface area contributed by atoms with Crippen molar-refractivity contribution in [2.75, 3.05) is 11.9 Å². The summed E-state index contributed by atoms with van der Waals surface area (Å²) in [7, 11) is 0. The molecule has 0 saturated heterocycles. The van der Waals surface area contributed by atoms with Crippen LogP contribution >= 0.6 is 22.7 Å². The zero-order valence-electron chi connectivity index (χ0n) is 18.7. The van der Waals surface area contributed by atoms with E-state index in [9.17, 15) is 9.59 Å². The van der Waals surface area contributed by atoms with Gasteiger partial charge in [-0.25, -0.2) is 0 Å². The Morgan fingerprint density at radius 2 is 2.06 bits per heavy atom. The molecule has 34 heavy (non-hydrogen) atoms. The van der Waals surface area contributed by atoms with Crippen LogP contribution in [0.4, 0.5) is 5.69 Å². The molecule has 0 bridgehead atoms. The normalized spacial score (nSPS) is 13.0. The van der Waals surface area contributed by atoms with Crippen LogP contribution in [0.1, 0.15) is 45.1 Å². The molecule has 1 aliphatic heterocycles. The number of carbonyl (C=O) groups is 2. The number of nitrogens with zero attached hydrogens (tertiary/aromatic N) is 3. The number of aromatic nitrogens is 2. The largest absolute Gasteiger partial charge is 0.339 e. The van der Waals surface area contributed by atoms with E-state index in [1.165, 1.54) is 10.4 Å². The highest BCUT2D eigenvalue weighted by molar-refractivity contribution is 7.13. The Bertz CT molecular complexity index is 1310. The van der Waals surface area contributed by atoms with Gasteiger partial charge in [-0.15, -0.1) is 22.7 Å². The maximum absolute atomic E-state index is 13.2. The maximum atomic E-state index is 13.2. The summed E-state index contributed by atoms with van der Waals surface area (Å²) in [5, 5.41) is 11.0. The van der Waals surface area contributed by atoms with E-state index in [0.717, 1.165) is 16.9 Å². The van der Waals surface area contributed by atoms with Gasteiger partial charge in [-0.3, -0.25) is 9.59 Å². The highest BCUT2D eigenvalue weighted by atomic mass is 32.1. The molecule has 7 nitrogen and oxygen atoms in total. The number of nitrogens with one attached hydrogen (secondary N) is 1. The van der Waals surface area contributed by atoms with Crippen LogP contribution < -0.4 is 5.32 Å². The molecule has 1 aliphatic rings. The predicted molar refractivity (Wildman–Crippen MR) is 133 cm³/mol. The van der Waals surface area contributed by atoms with Gasteiger partial charge in [0, 0.05) is 42.1 Å². The lowest BCUT2D eigenvalue weighted by Crippen LogP contribution is -2.35. The van der Waals surface area contributed by atoms with Crippen LogP contribution in [-0.4, -0.2) is 33.4 Å². The summed E-state index contributed by atoms with van der Waals surface area (Å²) in [5.74, 6) is 1.00. The first-order valence-corrected chi connectivity index (χ1v) is 12.9. The molecule has 5 rings (SSSR count). The molecule has 0 fully saturated rings. The number of benzene rings is 1. The summed E-state index contributed by atoms with van der Waals surface area (Å²) in [6, 6.07) is 11.5. The lowest BCUT2D eigenvalue weighted by molar-refractivity contribution is -0.116. The van der Waals surface area contributed by atoms with Gasteiger partial charge >= 0.3 is 0 Å². The predicted octanol–water partition coefficient (Wildman–Crippen LogP) is 5.33. The van der Waals surface area contributed by atoms with Crippen molar-refractivity contribution in [1.29, 1.82) is 0 Å². The Kier molecular flexibility index (Phi) is 6.55. The van der Waals surface area contributed by atoms with Crippen LogP contribution in [0.2, 0.25) is 0 Å². The van der Waals surface area contributed by atoms with Crippen LogP contribution in [0.25, 0.3) is 10.7 Å². The Hall–Kier alpha value is -3.30. The van der Waals surface area contributed by atoms with E-state index < -0.39 is 0 Å². The molecule has 0 saturated carbocycles. The quantitative estimate of drug-likeness (QED) is 0.377. The average molecular weight is 493 g/mol. The third-order valence-electron chi connectivity index (χ3n) is 5.94. The van der Waals surface area contributed by atoms with Gasteiger partial charge in [-0.2, -0.15) is 4.98 Å². The summed E-state index contributed by atoms with van der Waals surface area (Å²) in [4.78, 5) is 34.4. The Morgan fingerprint density at radius 3 is 2.91 bits per heavy atom. The zero-order chi connectivity index (χ0) is 23.5. The number of anilines is 1. The second kappa shape index (κ2) is 9.90. The smallest absolute Gasteiger partial charge is 0.254 e. The SMILES string of the molecule is Cc1c(NC(=O)CCCc2nc(-c3cccs3)no2)cccc1C(=O)N1CCc2sccc2C1. The van der Waals surface area contributed by atoms with Crippen molar-refractivity contribution in [2.45, 2.75) is 39.2 Å². The standard InChI is InChI=1S/C25H24N4O3S2/c1-16-18(25(31)29-12-10-20-17(15-29)11-14-34-20)5-2-6-19(16)26-22(30)8-3-9-23-27-24(28-32-23)21-7-4-13-33-21/h2,4-7,11,13-14H,3,8-10,12,15H2,1H3,(H,26,30). The third-order valence-corrected chi connectivity index (χ3v) is 7.83. The van der Waals surface area contributed by atoms with Crippen LogP contribution in [0.3, 0.4) is 0 Å². The van der Waals surface area contributed by atoms with Gasteiger partial charge < -0.3 is 14.7 Å². The van der Waals surface area contributed by atoms with E-state index >= 15 is 0 Å². The monoisotopic (exact) mass is 492 g/mol. The minimum absolute atomic E-state index is 0.00314. The second-order valence-corrected chi connectivity index (χ2v) is 10.2. The Morgan fingerprint density at radius 1 is 1.15 bits per heavy atom. The van der Waals surface area contributed by atoms with Gasteiger partial charge in [-0.05, 0) is 65.9 Å². The van der Waals surface area contributed by atoms with Crippen molar-refractivity contribution in [1.82, 2.24) is 15.0 Å². The topological polar surface area (TPSA) is 88.3 Å². The molecule has 0 atom stereocenters. The lowest BCUT2D eigenvalue weighted by atomic mass is 10.0. The number of carbonyl (C=O) groups excluding carboxylic acids is 2. The fourth-order valence-electron chi connectivity index (χ4n) is 4.07. The minimum Gasteiger partial charge on any atom is -0.339 e. The van der Waals surface area contributed by atoms with Crippen molar-refractivity contribution in [3.63, 3.8) is 0 Å². The van der Waals surface area contributed by atoms with Crippen LogP contribution in [0, 0.1) is 6.92 Å². The maximum Gasteiger partial charge on any atom is 0.254 e. The van der Waals surface area contributed by atoms with Gasteiger partial charge in [0.05, 0.1) is 4.88 Å². The van der Waals surface area contributed by atoms with Crippen LogP contribution in [0.5, 0.6) is 0 Å². The summed E-state index contributed by atoms with van der Waals surface area (Å²) in [5.41, 5.74) is 3.32. The molecule has 1 N–H and O–H groups in total. The molecule has 0 aliphatic carbocycles. The minimum atomic E-state index is -0.105. The summed E-state index contributed by atoms with van der Waals surface area (Å²) in [6.45, 7) is 3.23. The third kappa shape index (κ3) is 4.80. The Labute approximate surface area is 205 Å². The van der Waals surface area contributed by atoms with Gasteiger partial charge in [0.25, 0.3) is 5.91 Å².